The second kappa shape index (κ2) is 6.12. The van der Waals surface area contributed by atoms with Crippen LogP contribution in [0.15, 0.2) is 12.1 Å². The van der Waals surface area contributed by atoms with Crippen molar-refractivity contribution in [1.82, 2.24) is 9.97 Å². The van der Waals surface area contributed by atoms with Crippen molar-refractivity contribution in [2.24, 2.45) is 0 Å². The zero-order chi connectivity index (χ0) is 15.6. The zero-order valence-electron chi connectivity index (χ0n) is 13.7. The Kier molecular flexibility index (Phi) is 4.46. The minimum atomic E-state index is 0.816. The predicted octanol–water partition coefficient (Wildman–Crippen LogP) is 3.68. The van der Waals surface area contributed by atoms with E-state index in [1.165, 1.54) is 0 Å². The molecule has 0 saturated carbocycles. The first kappa shape index (κ1) is 15.3. The van der Waals surface area contributed by atoms with Crippen LogP contribution in [0.25, 0.3) is 11.3 Å². The first-order valence-corrected chi connectivity index (χ1v) is 7.22. The van der Waals surface area contributed by atoms with E-state index >= 15 is 0 Å². The summed E-state index contributed by atoms with van der Waals surface area (Å²) < 4.78 is 5.39. The smallest absolute Gasteiger partial charge is 0.132 e. The standard InChI is InChI=1S/C17H23N3O/c1-7-15-19-16(12(4)17(18-5)20-15)13-8-11(3)14(21-6)9-10(13)2/h8-9H,7H2,1-6H3,(H,18,19,20). The highest BCUT2D eigenvalue weighted by atomic mass is 16.5. The maximum atomic E-state index is 5.39. The number of nitrogens with zero attached hydrogens (tertiary/aromatic N) is 2. The first-order valence-electron chi connectivity index (χ1n) is 7.22. The minimum Gasteiger partial charge on any atom is -0.496 e. The van der Waals surface area contributed by atoms with Crippen LogP contribution in [0, 0.1) is 20.8 Å². The third-order valence-electron chi connectivity index (χ3n) is 3.74. The third kappa shape index (κ3) is 2.84. The Labute approximate surface area is 126 Å². The molecule has 1 aromatic carbocycles. The Balaban J connectivity index is 2.69. The number of benzene rings is 1. The number of hydrogen-bond acceptors (Lipinski definition) is 4. The maximum absolute atomic E-state index is 5.39. The van der Waals surface area contributed by atoms with Gasteiger partial charge in [-0.3, -0.25) is 0 Å². The van der Waals surface area contributed by atoms with Gasteiger partial charge in [0.15, 0.2) is 0 Å². The van der Waals surface area contributed by atoms with Gasteiger partial charge in [-0.15, -0.1) is 0 Å². The molecular weight excluding hydrogens is 262 g/mol. The van der Waals surface area contributed by atoms with Crippen LogP contribution < -0.4 is 10.1 Å². The molecule has 0 aliphatic heterocycles. The lowest BCUT2D eigenvalue weighted by Gasteiger charge is -2.15. The van der Waals surface area contributed by atoms with E-state index < -0.39 is 0 Å². The fourth-order valence-corrected chi connectivity index (χ4v) is 2.49. The van der Waals surface area contributed by atoms with E-state index in [0.29, 0.717) is 0 Å². The summed E-state index contributed by atoms with van der Waals surface area (Å²) in [4.78, 5) is 9.27. The van der Waals surface area contributed by atoms with Gasteiger partial charge in [0.05, 0.1) is 12.8 Å². The van der Waals surface area contributed by atoms with Crippen LogP contribution in [-0.2, 0) is 6.42 Å². The van der Waals surface area contributed by atoms with Crippen LogP contribution in [0.1, 0.15) is 29.4 Å². The van der Waals surface area contributed by atoms with Gasteiger partial charge in [0, 0.05) is 24.6 Å². The molecule has 0 bridgehead atoms. The molecule has 1 N–H and O–H groups in total. The van der Waals surface area contributed by atoms with Crippen molar-refractivity contribution < 1.29 is 4.74 Å². The van der Waals surface area contributed by atoms with Gasteiger partial charge in [-0.1, -0.05) is 6.92 Å². The molecule has 4 nitrogen and oxygen atoms in total. The molecule has 0 unspecified atom stereocenters. The molecule has 0 amide bonds. The molecule has 2 rings (SSSR count). The molecule has 1 heterocycles. The molecule has 0 aliphatic carbocycles. The lowest BCUT2D eigenvalue weighted by atomic mass is 9.99. The van der Waals surface area contributed by atoms with Crippen molar-refractivity contribution in [2.75, 3.05) is 19.5 Å². The quantitative estimate of drug-likeness (QED) is 0.931. The summed E-state index contributed by atoms with van der Waals surface area (Å²) in [6.07, 6.45) is 0.816. The third-order valence-corrected chi connectivity index (χ3v) is 3.74. The van der Waals surface area contributed by atoms with Crippen molar-refractivity contribution in [3.8, 4) is 17.0 Å². The van der Waals surface area contributed by atoms with Crippen molar-refractivity contribution >= 4 is 5.82 Å². The second-order valence-electron chi connectivity index (χ2n) is 5.20. The van der Waals surface area contributed by atoms with Crippen molar-refractivity contribution in [3.63, 3.8) is 0 Å². The predicted molar refractivity (Wildman–Crippen MR) is 87.2 cm³/mol. The molecule has 1 aromatic heterocycles. The summed E-state index contributed by atoms with van der Waals surface area (Å²) in [6, 6.07) is 4.21. The fraction of sp³-hybridized carbons (Fsp3) is 0.412. The largest absolute Gasteiger partial charge is 0.496 e. The number of methoxy groups -OCH3 is 1. The summed E-state index contributed by atoms with van der Waals surface area (Å²) in [5.41, 5.74) is 5.47. The average molecular weight is 285 g/mol. The van der Waals surface area contributed by atoms with Crippen LogP contribution >= 0.6 is 0 Å². The normalized spacial score (nSPS) is 10.6. The molecule has 0 atom stereocenters. The highest BCUT2D eigenvalue weighted by Gasteiger charge is 2.14. The first-order chi connectivity index (χ1) is 10.0. The van der Waals surface area contributed by atoms with Gasteiger partial charge >= 0.3 is 0 Å². The average Bonchev–Trinajstić information content (AvgIpc) is 2.49. The molecule has 0 fully saturated rings. The second-order valence-corrected chi connectivity index (χ2v) is 5.20. The molecule has 2 aromatic rings. The number of aromatic nitrogens is 2. The van der Waals surface area contributed by atoms with Crippen LogP contribution in [-0.4, -0.2) is 24.1 Å². The van der Waals surface area contributed by atoms with E-state index in [4.69, 9.17) is 9.72 Å². The summed E-state index contributed by atoms with van der Waals surface area (Å²) in [5.74, 6) is 2.66. The SMILES string of the molecule is CCc1nc(NC)c(C)c(-c2cc(C)c(OC)cc2C)n1. The lowest BCUT2D eigenvalue weighted by molar-refractivity contribution is 0.411. The van der Waals surface area contributed by atoms with Gasteiger partial charge in [-0.05, 0) is 44.0 Å². The summed E-state index contributed by atoms with van der Waals surface area (Å²) in [6.45, 7) is 8.27. The molecule has 21 heavy (non-hydrogen) atoms. The van der Waals surface area contributed by atoms with Crippen LogP contribution in [0.3, 0.4) is 0 Å². The number of hydrogen-bond donors (Lipinski definition) is 1. The van der Waals surface area contributed by atoms with E-state index in [9.17, 15) is 0 Å². The van der Waals surface area contributed by atoms with Gasteiger partial charge in [-0.25, -0.2) is 9.97 Å². The molecular formula is C17H23N3O. The van der Waals surface area contributed by atoms with Gasteiger partial charge in [0.2, 0.25) is 0 Å². The molecule has 4 heteroatoms. The number of ether oxygens (including phenoxy) is 1. The highest BCUT2D eigenvalue weighted by Crippen LogP contribution is 2.32. The number of anilines is 1. The topological polar surface area (TPSA) is 47.0 Å². The molecule has 0 spiro atoms. The van der Waals surface area contributed by atoms with Gasteiger partial charge in [-0.2, -0.15) is 0 Å². The Bertz CT molecular complexity index is 666. The maximum Gasteiger partial charge on any atom is 0.132 e. The zero-order valence-corrected chi connectivity index (χ0v) is 13.7. The van der Waals surface area contributed by atoms with E-state index in [0.717, 1.165) is 51.8 Å². The molecule has 112 valence electrons. The van der Waals surface area contributed by atoms with Gasteiger partial charge in [0.1, 0.15) is 17.4 Å². The van der Waals surface area contributed by atoms with Crippen molar-refractivity contribution in [1.29, 1.82) is 0 Å². The Morgan fingerprint density at radius 1 is 1.10 bits per heavy atom. The summed E-state index contributed by atoms with van der Waals surface area (Å²) in [5, 5.41) is 3.16. The Morgan fingerprint density at radius 2 is 1.81 bits per heavy atom. The van der Waals surface area contributed by atoms with E-state index in [-0.39, 0.29) is 0 Å². The van der Waals surface area contributed by atoms with E-state index in [2.05, 4.69) is 50.1 Å². The van der Waals surface area contributed by atoms with E-state index in [1.54, 1.807) is 7.11 Å². The fourth-order valence-electron chi connectivity index (χ4n) is 2.49. The minimum absolute atomic E-state index is 0.816. The number of rotatable bonds is 4. The molecule has 0 radical (unpaired) electrons. The summed E-state index contributed by atoms with van der Waals surface area (Å²) >= 11 is 0. The summed E-state index contributed by atoms with van der Waals surface area (Å²) in [7, 11) is 3.59. The van der Waals surface area contributed by atoms with Gasteiger partial charge < -0.3 is 10.1 Å². The van der Waals surface area contributed by atoms with Gasteiger partial charge in [0.25, 0.3) is 0 Å². The Morgan fingerprint density at radius 3 is 2.38 bits per heavy atom. The Hall–Kier alpha value is -2.10. The molecule has 0 aliphatic rings. The van der Waals surface area contributed by atoms with Crippen LogP contribution in [0.2, 0.25) is 0 Å². The monoisotopic (exact) mass is 285 g/mol. The van der Waals surface area contributed by atoms with Crippen LogP contribution in [0.4, 0.5) is 5.82 Å². The van der Waals surface area contributed by atoms with Crippen molar-refractivity contribution in [3.05, 3.63) is 34.6 Å². The van der Waals surface area contributed by atoms with Crippen LogP contribution in [0.5, 0.6) is 5.75 Å². The number of aryl methyl sites for hydroxylation is 3. The van der Waals surface area contributed by atoms with Crippen molar-refractivity contribution in [2.45, 2.75) is 34.1 Å². The highest BCUT2D eigenvalue weighted by molar-refractivity contribution is 5.72. The lowest BCUT2D eigenvalue weighted by Crippen LogP contribution is -2.05. The number of nitrogens with one attached hydrogen (secondary N) is 1. The molecule has 0 saturated heterocycles. The van der Waals surface area contributed by atoms with E-state index in [1.807, 2.05) is 7.05 Å².